The van der Waals surface area contributed by atoms with Gasteiger partial charge in [0.05, 0.1) is 11.7 Å². The van der Waals surface area contributed by atoms with Crippen LogP contribution in [0.5, 0.6) is 0 Å². The molecule has 226 valence electrons. The van der Waals surface area contributed by atoms with Crippen LogP contribution < -0.4 is 5.32 Å². The van der Waals surface area contributed by atoms with Gasteiger partial charge in [0, 0.05) is 49.8 Å². The van der Waals surface area contributed by atoms with Gasteiger partial charge in [0.2, 0.25) is 5.95 Å². The number of carbonyl (C=O) groups excluding carboxylic acids is 1. The van der Waals surface area contributed by atoms with Crippen molar-refractivity contribution in [3.63, 3.8) is 0 Å². The van der Waals surface area contributed by atoms with Gasteiger partial charge in [-0.1, -0.05) is 13.0 Å². The van der Waals surface area contributed by atoms with Gasteiger partial charge >= 0.3 is 5.97 Å². The molecular weight excluding hydrogens is 552 g/mol. The Balaban J connectivity index is 1.15. The number of pyridine rings is 1. The molecule has 4 aromatic rings. The maximum Gasteiger partial charge on any atom is 0.306 e. The first-order valence-corrected chi connectivity index (χ1v) is 14.8. The SMILES string of the molecule is Cc1nc2c(F)cc(-c3nc(Nc4ccc5c(n4)CCN(C[C@@H](C)CC(=O)OC(C)(C)C)C5)ncc3F)cc2n1C1CC1. The number of anilines is 2. The normalized spacial score (nSPS) is 16.3. The van der Waals surface area contributed by atoms with E-state index in [1.165, 1.54) is 6.07 Å². The Morgan fingerprint density at radius 3 is 2.67 bits per heavy atom. The van der Waals surface area contributed by atoms with Crippen molar-refractivity contribution in [2.24, 2.45) is 5.92 Å². The lowest BCUT2D eigenvalue weighted by Crippen LogP contribution is -2.35. The smallest absolute Gasteiger partial charge is 0.306 e. The highest BCUT2D eigenvalue weighted by atomic mass is 19.1. The van der Waals surface area contributed by atoms with E-state index in [9.17, 15) is 9.18 Å². The van der Waals surface area contributed by atoms with Crippen LogP contribution in [0.3, 0.4) is 0 Å². The predicted molar refractivity (Wildman–Crippen MR) is 160 cm³/mol. The molecule has 2 aliphatic rings. The van der Waals surface area contributed by atoms with E-state index in [0.29, 0.717) is 29.4 Å². The zero-order valence-electron chi connectivity index (χ0n) is 25.2. The van der Waals surface area contributed by atoms with Crippen LogP contribution in [0, 0.1) is 24.5 Å². The number of esters is 1. The largest absolute Gasteiger partial charge is 0.460 e. The molecule has 43 heavy (non-hydrogen) atoms. The third-order valence-corrected chi connectivity index (χ3v) is 7.73. The van der Waals surface area contributed by atoms with Gasteiger partial charge in [-0.25, -0.2) is 28.7 Å². The molecule has 0 amide bonds. The number of aryl methyl sites for hydroxylation is 1. The number of rotatable bonds is 8. The summed E-state index contributed by atoms with van der Waals surface area (Å²) in [5.74, 6) is 0.312. The molecule has 1 saturated carbocycles. The fraction of sp³-hybridized carbons (Fsp3) is 0.469. The Hall–Kier alpha value is -3.99. The van der Waals surface area contributed by atoms with Crippen molar-refractivity contribution in [3.8, 4) is 11.3 Å². The number of nitrogens with zero attached hydrogens (tertiary/aromatic N) is 6. The zero-order valence-corrected chi connectivity index (χ0v) is 25.2. The number of carbonyl (C=O) groups is 1. The van der Waals surface area contributed by atoms with Crippen molar-refractivity contribution in [1.82, 2.24) is 29.4 Å². The highest BCUT2D eigenvalue weighted by molar-refractivity contribution is 5.83. The van der Waals surface area contributed by atoms with Gasteiger partial charge in [-0.15, -0.1) is 0 Å². The number of fused-ring (bicyclic) bond motifs is 2. The highest BCUT2D eigenvalue weighted by Gasteiger charge is 2.28. The summed E-state index contributed by atoms with van der Waals surface area (Å²) in [5, 5.41) is 3.09. The molecule has 1 aliphatic carbocycles. The van der Waals surface area contributed by atoms with Crippen LogP contribution in [0.2, 0.25) is 0 Å². The average Bonchev–Trinajstić information content (AvgIpc) is 3.70. The molecule has 6 rings (SSSR count). The van der Waals surface area contributed by atoms with Crippen molar-refractivity contribution in [2.45, 2.75) is 78.5 Å². The van der Waals surface area contributed by atoms with Crippen LogP contribution in [0.15, 0.2) is 30.5 Å². The second-order valence-corrected chi connectivity index (χ2v) is 12.8. The Morgan fingerprint density at radius 2 is 1.93 bits per heavy atom. The predicted octanol–water partition coefficient (Wildman–Crippen LogP) is 6.28. The first kappa shape index (κ1) is 29.1. The lowest BCUT2D eigenvalue weighted by Gasteiger charge is -2.30. The van der Waals surface area contributed by atoms with Gasteiger partial charge in [0.25, 0.3) is 0 Å². The summed E-state index contributed by atoms with van der Waals surface area (Å²) in [6.07, 6.45) is 4.27. The minimum absolute atomic E-state index is 0.00797. The number of ether oxygens (including phenoxy) is 1. The Morgan fingerprint density at radius 1 is 1.14 bits per heavy atom. The number of imidazole rings is 1. The van der Waals surface area contributed by atoms with Gasteiger partial charge < -0.3 is 14.6 Å². The number of halogens is 2. The van der Waals surface area contributed by atoms with Crippen molar-refractivity contribution in [2.75, 3.05) is 18.4 Å². The van der Waals surface area contributed by atoms with Gasteiger partial charge in [-0.3, -0.25) is 9.69 Å². The monoisotopic (exact) mass is 589 g/mol. The number of aromatic nitrogens is 5. The highest BCUT2D eigenvalue weighted by Crippen LogP contribution is 2.40. The second-order valence-electron chi connectivity index (χ2n) is 12.8. The van der Waals surface area contributed by atoms with Gasteiger partial charge in [-0.05, 0) is 70.2 Å². The standard InChI is InChI=1S/C32H37F2N7O2/c1-18(12-28(42)43-32(3,4)5)16-40-11-10-25-20(17-40)6-9-27(37-25)38-31-35-15-24(34)29(39-31)21-13-23(33)30-26(14-21)41(19(2)36-30)22-7-8-22/h6,9,13-15,18,22H,7-8,10-12,16-17H2,1-5H3,(H,35,37,38,39)/t18-/m0/s1. The molecular formula is C32H37F2N7O2. The second kappa shape index (κ2) is 11.3. The van der Waals surface area contributed by atoms with Crippen LogP contribution >= 0.6 is 0 Å². The number of benzene rings is 1. The lowest BCUT2D eigenvalue weighted by molar-refractivity contribution is -0.156. The van der Waals surface area contributed by atoms with Crippen molar-refractivity contribution < 1.29 is 18.3 Å². The lowest BCUT2D eigenvalue weighted by atomic mass is 10.0. The van der Waals surface area contributed by atoms with Crippen LogP contribution in [-0.2, 0) is 22.5 Å². The summed E-state index contributed by atoms with van der Waals surface area (Å²) >= 11 is 0. The molecule has 1 aromatic carbocycles. The van der Waals surface area contributed by atoms with Gasteiger partial charge in [0.15, 0.2) is 11.6 Å². The zero-order chi connectivity index (χ0) is 30.5. The number of hydrogen-bond donors (Lipinski definition) is 1. The molecule has 0 saturated heterocycles. The van der Waals surface area contributed by atoms with E-state index < -0.39 is 17.2 Å². The summed E-state index contributed by atoms with van der Waals surface area (Å²) in [5.41, 5.74) is 2.88. The van der Waals surface area contributed by atoms with E-state index in [1.807, 2.05) is 44.4 Å². The van der Waals surface area contributed by atoms with E-state index in [1.54, 1.807) is 6.07 Å². The van der Waals surface area contributed by atoms with E-state index in [-0.39, 0.29) is 29.0 Å². The molecule has 9 nitrogen and oxygen atoms in total. The van der Waals surface area contributed by atoms with Crippen LogP contribution in [0.1, 0.15) is 70.1 Å². The number of nitrogens with one attached hydrogen (secondary N) is 1. The molecule has 4 heterocycles. The van der Waals surface area contributed by atoms with E-state index in [4.69, 9.17) is 9.72 Å². The quantitative estimate of drug-likeness (QED) is 0.240. The fourth-order valence-corrected chi connectivity index (χ4v) is 5.82. The third kappa shape index (κ3) is 6.51. The first-order valence-electron chi connectivity index (χ1n) is 14.8. The van der Waals surface area contributed by atoms with Crippen molar-refractivity contribution in [3.05, 3.63) is 59.2 Å². The van der Waals surface area contributed by atoms with Crippen molar-refractivity contribution >= 4 is 28.8 Å². The molecule has 1 fully saturated rings. The molecule has 3 aromatic heterocycles. The van der Waals surface area contributed by atoms with Crippen molar-refractivity contribution in [1.29, 1.82) is 0 Å². The fourth-order valence-electron chi connectivity index (χ4n) is 5.82. The van der Waals surface area contributed by atoms with Crippen LogP contribution in [-0.4, -0.2) is 54.1 Å². The molecule has 0 bridgehead atoms. The molecule has 0 unspecified atom stereocenters. The topological polar surface area (TPSA) is 98.1 Å². The Bertz CT molecular complexity index is 1690. The molecule has 0 radical (unpaired) electrons. The molecule has 11 heteroatoms. The maximum atomic E-state index is 15.1. The summed E-state index contributed by atoms with van der Waals surface area (Å²) in [4.78, 5) is 32.2. The summed E-state index contributed by atoms with van der Waals surface area (Å²) in [7, 11) is 0. The Labute approximate surface area is 249 Å². The van der Waals surface area contributed by atoms with E-state index >= 15 is 4.39 Å². The van der Waals surface area contributed by atoms with Gasteiger partial charge in [0.1, 0.15) is 28.5 Å². The molecule has 1 aliphatic heterocycles. The Kier molecular flexibility index (Phi) is 7.62. The summed E-state index contributed by atoms with van der Waals surface area (Å²) in [6.45, 7) is 11.9. The average molecular weight is 590 g/mol. The van der Waals surface area contributed by atoms with E-state index in [2.05, 4.69) is 32.1 Å². The summed E-state index contributed by atoms with van der Waals surface area (Å²) in [6, 6.07) is 7.20. The first-order chi connectivity index (χ1) is 20.4. The molecule has 1 atom stereocenters. The molecule has 0 spiro atoms. The minimum atomic E-state index is -0.641. The minimum Gasteiger partial charge on any atom is -0.460 e. The van der Waals surface area contributed by atoms with Gasteiger partial charge in [-0.2, -0.15) is 0 Å². The van der Waals surface area contributed by atoms with Crippen LogP contribution in [0.25, 0.3) is 22.3 Å². The van der Waals surface area contributed by atoms with Crippen LogP contribution in [0.4, 0.5) is 20.5 Å². The number of hydrogen-bond acceptors (Lipinski definition) is 8. The van der Waals surface area contributed by atoms with E-state index in [0.717, 1.165) is 62.2 Å². The molecule has 1 N–H and O–H groups in total. The summed E-state index contributed by atoms with van der Waals surface area (Å²) < 4.78 is 37.5. The maximum absolute atomic E-state index is 15.1. The third-order valence-electron chi connectivity index (χ3n) is 7.73.